The van der Waals surface area contributed by atoms with E-state index in [0.717, 1.165) is 0 Å². The molecule has 1 aromatic rings. The van der Waals surface area contributed by atoms with Crippen molar-refractivity contribution in [3.8, 4) is 0 Å². The monoisotopic (exact) mass is 231 g/mol. The van der Waals surface area contributed by atoms with E-state index in [1.165, 1.54) is 12.5 Å². The number of aliphatic imine (C=N–C) groups is 1. The highest BCUT2D eigenvalue weighted by Gasteiger charge is 2.70. The maximum absolute atomic E-state index is 11.3. The van der Waals surface area contributed by atoms with Crippen molar-refractivity contribution in [2.75, 3.05) is 0 Å². The average Bonchev–Trinajstić information content (AvgIpc) is 2.62. The predicted octanol–water partition coefficient (Wildman–Crippen LogP) is 1.66. The topological polar surface area (TPSA) is 82.9 Å². The van der Waals surface area contributed by atoms with Crippen LogP contribution in [0.1, 0.15) is 0 Å². The second kappa shape index (κ2) is 1.87. The molecule has 1 aromatic heterocycles. The summed E-state index contributed by atoms with van der Waals surface area (Å²) >= 11 is 0. The maximum atomic E-state index is 11.3. The molecule has 3 saturated heterocycles. The lowest BCUT2D eigenvalue weighted by molar-refractivity contribution is 0.288. The molecule has 0 atom stereocenters. The molecule has 0 N–H and O–H groups in total. The van der Waals surface area contributed by atoms with Gasteiger partial charge in [-0.2, -0.15) is 12.9 Å². The second-order valence-electron chi connectivity index (χ2n) is 2.78. The Morgan fingerprint density at radius 1 is 1.43 bits per heavy atom. The van der Waals surface area contributed by atoms with E-state index < -0.39 is 18.4 Å². The Labute approximate surface area is 79.5 Å². The Morgan fingerprint density at radius 2 is 2.29 bits per heavy atom. The standard InChI is InChI=1S/C5H2N3O4PS/c9-13-10-5-8-3-1-6-2-7-4(3)14(5,11-13)12-13/h1-2H. The van der Waals surface area contributed by atoms with Crippen molar-refractivity contribution in [1.82, 2.24) is 9.97 Å². The van der Waals surface area contributed by atoms with Crippen molar-refractivity contribution in [3.05, 3.63) is 12.5 Å². The molecule has 4 aliphatic heterocycles. The molecule has 0 aromatic carbocycles. The summed E-state index contributed by atoms with van der Waals surface area (Å²) in [5.74, 6) is 0. The molecule has 14 heavy (non-hydrogen) atoms. The van der Waals surface area contributed by atoms with Crippen LogP contribution >= 0.6 is 18.4 Å². The van der Waals surface area contributed by atoms with Crippen molar-refractivity contribution < 1.29 is 17.0 Å². The van der Waals surface area contributed by atoms with Crippen LogP contribution < -0.4 is 0 Å². The molecular formula is C5H2N3O4PS. The first-order valence-corrected chi connectivity index (χ1v) is 6.60. The smallest absolute Gasteiger partial charge is 0.368 e. The highest BCUT2D eigenvalue weighted by molar-refractivity contribution is 8.45. The normalized spacial score (nSPS) is 45.3. The first-order chi connectivity index (χ1) is 6.72. The molecule has 3 fully saturated rings. The lowest BCUT2D eigenvalue weighted by Gasteiger charge is -2.35. The van der Waals surface area contributed by atoms with Gasteiger partial charge in [0.1, 0.15) is 12.0 Å². The Balaban J connectivity index is 2.03. The Morgan fingerprint density at radius 3 is 3.14 bits per heavy atom. The molecule has 1 spiro atoms. The highest BCUT2D eigenvalue weighted by Crippen LogP contribution is 2.94. The lowest BCUT2D eigenvalue weighted by Crippen LogP contribution is -2.11. The van der Waals surface area contributed by atoms with E-state index in [1.807, 2.05) is 0 Å². The van der Waals surface area contributed by atoms with E-state index in [2.05, 4.69) is 15.0 Å². The van der Waals surface area contributed by atoms with Gasteiger partial charge < -0.3 is 4.52 Å². The fourth-order valence-electron chi connectivity index (χ4n) is 1.43. The molecule has 72 valence electrons. The first kappa shape index (κ1) is 7.36. The number of hydrogen-bond acceptors (Lipinski definition) is 7. The molecule has 0 radical (unpaired) electrons. The van der Waals surface area contributed by atoms with Gasteiger partial charge in [0, 0.05) is 0 Å². The van der Waals surface area contributed by atoms with Crippen LogP contribution in [0.15, 0.2) is 22.5 Å². The van der Waals surface area contributed by atoms with E-state index in [9.17, 15) is 4.57 Å². The molecular weight excluding hydrogens is 229 g/mol. The number of hydrogen-bond donors (Lipinski definition) is 0. The number of fused-ring (bicyclic) bond motifs is 1. The third-order valence-electron chi connectivity index (χ3n) is 1.94. The minimum atomic E-state index is -3.30. The Bertz CT molecular complexity index is 536. The van der Waals surface area contributed by atoms with Crippen molar-refractivity contribution in [1.29, 1.82) is 0 Å². The third-order valence-corrected chi connectivity index (χ3v) is 7.05. The number of nitrogens with zero attached hydrogens (tertiary/aromatic N) is 3. The summed E-state index contributed by atoms with van der Waals surface area (Å²) in [4.78, 5) is 11.9. The van der Waals surface area contributed by atoms with Crippen LogP contribution in [0.25, 0.3) is 0 Å². The first-order valence-electron chi connectivity index (χ1n) is 3.66. The molecule has 0 saturated carbocycles. The predicted molar refractivity (Wildman–Crippen MR) is 45.8 cm³/mol. The van der Waals surface area contributed by atoms with Crippen LogP contribution in [0.4, 0.5) is 5.69 Å². The summed E-state index contributed by atoms with van der Waals surface area (Å²) in [7, 11) is -5.47. The van der Waals surface area contributed by atoms with Gasteiger partial charge in [0.15, 0.2) is 5.03 Å². The Kier molecular flexibility index (Phi) is 0.983. The van der Waals surface area contributed by atoms with Crippen LogP contribution in [0.2, 0.25) is 0 Å². The fourth-order valence-corrected chi connectivity index (χ4v) is 6.69. The van der Waals surface area contributed by atoms with Gasteiger partial charge in [-0.25, -0.2) is 14.5 Å². The van der Waals surface area contributed by atoms with Gasteiger partial charge in [0.25, 0.3) is 0 Å². The summed E-state index contributed by atoms with van der Waals surface area (Å²) < 4.78 is 26.6. The largest absolute Gasteiger partial charge is 0.572 e. The average molecular weight is 231 g/mol. The van der Waals surface area contributed by atoms with E-state index in [1.54, 1.807) is 0 Å². The number of phosphoric acid groups is 1. The molecule has 0 unspecified atom stereocenters. The SMILES string of the molecule is O=P12OC3=Nc4cncnc4S3(O1)O2. The quantitative estimate of drug-likeness (QED) is 0.498. The third kappa shape index (κ3) is 0.602. The van der Waals surface area contributed by atoms with E-state index in [-0.39, 0.29) is 5.23 Å². The second-order valence-corrected chi connectivity index (χ2v) is 6.79. The van der Waals surface area contributed by atoms with Gasteiger partial charge in [-0.15, -0.1) is 0 Å². The zero-order chi connectivity index (χ0) is 9.39. The molecule has 9 heteroatoms. The summed E-state index contributed by atoms with van der Waals surface area (Å²) in [5.41, 5.74) is 0.559. The van der Waals surface area contributed by atoms with Gasteiger partial charge in [-0.05, 0) is 10.6 Å². The van der Waals surface area contributed by atoms with E-state index in [4.69, 9.17) is 12.5 Å². The number of rotatable bonds is 0. The van der Waals surface area contributed by atoms with Crippen molar-refractivity contribution in [2.24, 2.45) is 4.99 Å². The minimum absolute atomic E-state index is 0.247. The van der Waals surface area contributed by atoms with Crippen LogP contribution in [0.5, 0.6) is 0 Å². The fraction of sp³-hybridized carbons (Fsp3) is 0. The van der Waals surface area contributed by atoms with Crippen molar-refractivity contribution in [2.45, 2.75) is 5.03 Å². The Hall–Kier alpha value is -0.950. The molecule has 5 heterocycles. The minimum Gasteiger partial charge on any atom is -0.368 e. The molecule has 0 aliphatic carbocycles. The van der Waals surface area contributed by atoms with Gasteiger partial charge in [0.2, 0.25) is 0 Å². The zero-order valence-electron chi connectivity index (χ0n) is 6.48. The summed E-state index contributed by atoms with van der Waals surface area (Å²) in [6, 6.07) is 0. The van der Waals surface area contributed by atoms with Crippen LogP contribution in [-0.2, 0) is 17.0 Å². The molecule has 2 bridgehead atoms. The van der Waals surface area contributed by atoms with Crippen LogP contribution in [-0.4, -0.2) is 15.2 Å². The van der Waals surface area contributed by atoms with E-state index in [0.29, 0.717) is 10.7 Å². The molecule has 7 nitrogen and oxygen atoms in total. The highest BCUT2D eigenvalue weighted by atomic mass is 32.3. The lowest BCUT2D eigenvalue weighted by atomic mass is 10.6. The zero-order valence-corrected chi connectivity index (χ0v) is 8.20. The molecule has 0 amide bonds. The van der Waals surface area contributed by atoms with Gasteiger partial charge in [-0.3, -0.25) is 0 Å². The van der Waals surface area contributed by atoms with Crippen molar-refractivity contribution >= 4 is 29.3 Å². The summed E-state index contributed by atoms with van der Waals surface area (Å²) in [6.45, 7) is 0. The van der Waals surface area contributed by atoms with Crippen LogP contribution in [0, 0.1) is 0 Å². The van der Waals surface area contributed by atoms with E-state index >= 15 is 0 Å². The molecule has 5 rings (SSSR count). The van der Waals surface area contributed by atoms with Gasteiger partial charge >= 0.3 is 13.1 Å². The summed E-state index contributed by atoms with van der Waals surface area (Å²) in [5, 5.41) is 0.780. The maximum Gasteiger partial charge on any atom is 0.572 e. The molecule has 4 aliphatic rings. The van der Waals surface area contributed by atoms with Crippen molar-refractivity contribution in [3.63, 3.8) is 0 Å². The van der Waals surface area contributed by atoms with Crippen LogP contribution in [0.3, 0.4) is 0 Å². The summed E-state index contributed by atoms with van der Waals surface area (Å²) in [6.07, 6.45) is 2.90. The van der Waals surface area contributed by atoms with Gasteiger partial charge in [0.05, 0.1) is 6.20 Å². The van der Waals surface area contributed by atoms with Gasteiger partial charge in [-0.1, -0.05) is 0 Å². The number of aromatic nitrogens is 2.